The van der Waals surface area contributed by atoms with Crippen LogP contribution in [0.2, 0.25) is 0 Å². The van der Waals surface area contributed by atoms with Crippen molar-refractivity contribution in [2.75, 3.05) is 6.54 Å². The van der Waals surface area contributed by atoms with Gasteiger partial charge in [0.05, 0.1) is 0 Å². The summed E-state index contributed by atoms with van der Waals surface area (Å²) in [4.78, 5) is 27.1. The van der Waals surface area contributed by atoms with Crippen LogP contribution in [0.25, 0.3) is 10.9 Å². The number of aromatic amines is 1. The number of amides is 1. The van der Waals surface area contributed by atoms with E-state index in [2.05, 4.69) is 16.4 Å². The number of aryl methyl sites for hydroxylation is 2. The third kappa shape index (κ3) is 3.91. The summed E-state index contributed by atoms with van der Waals surface area (Å²) in [6.07, 6.45) is 3.69. The first-order chi connectivity index (χ1) is 12.0. The minimum atomic E-state index is -0.383. The van der Waals surface area contributed by atoms with Gasteiger partial charge in [-0.15, -0.1) is 0 Å². The Balaban J connectivity index is 1.51. The van der Waals surface area contributed by atoms with Gasteiger partial charge in [-0.2, -0.15) is 0 Å². The molecule has 0 aliphatic rings. The first-order valence-corrected chi connectivity index (χ1v) is 8.27. The standard InChI is InChI=1S/C19H21N3O3/c1-13-9-15(23)10-19(25)22(13)12-18(24)20-8-4-5-14-11-21-17-7-3-2-6-16(14)17/h2-3,6-7,9-11,21,23H,4-5,8,12H2,1H3,(H,20,24). The van der Waals surface area contributed by atoms with Gasteiger partial charge in [0.25, 0.3) is 5.56 Å². The Morgan fingerprint density at radius 3 is 2.88 bits per heavy atom. The molecule has 0 saturated heterocycles. The van der Waals surface area contributed by atoms with E-state index in [-0.39, 0.29) is 23.8 Å². The maximum absolute atomic E-state index is 12.0. The van der Waals surface area contributed by atoms with Crippen molar-refractivity contribution in [3.05, 3.63) is 64.2 Å². The van der Waals surface area contributed by atoms with Gasteiger partial charge in [-0.25, -0.2) is 0 Å². The Bertz CT molecular complexity index is 956. The maximum Gasteiger partial charge on any atom is 0.254 e. The molecule has 3 aromatic rings. The SMILES string of the molecule is Cc1cc(O)cc(=O)n1CC(=O)NCCCc1c[nH]c2ccccc12. The lowest BCUT2D eigenvalue weighted by atomic mass is 10.1. The quantitative estimate of drug-likeness (QED) is 0.601. The lowest BCUT2D eigenvalue weighted by Crippen LogP contribution is -2.33. The zero-order valence-corrected chi connectivity index (χ0v) is 14.1. The zero-order valence-electron chi connectivity index (χ0n) is 14.1. The number of hydrogen-bond acceptors (Lipinski definition) is 3. The van der Waals surface area contributed by atoms with Crippen molar-refractivity contribution >= 4 is 16.8 Å². The smallest absolute Gasteiger partial charge is 0.254 e. The number of nitrogens with zero attached hydrogens (tertiary/aromatic N) is 1. The molecule has 25 heavy (non-hydrogen) atoms. The minimum Gasteiger partial charge on any atom is -0.508 e. The van der Waals surface area contributed by atoms with Gasteiger partial charge < -0.3 is 20.0 Å². The molecule has 3 rings (SSSR count). The normalized spacial score (nSPS) is 10.9. The molecule has 0 saturated carbocycles. The van der Waals surface area contributed by atoms with Crippen LogP contribution in [0.1, 0.15) is 17.7 Å². The predicted octanol–water partition coefficient (Wildman–Crippen LogP) is 2.09. The van der Waals surface area contributed by atoms with Crippen LogP contribution in [-0.4, -0.2) is 27.1 Å². The summed E-state index contributed by atoms with van der Waals surface area (Å²) in [7, 11) is 0. The second-order valence-electron chi connectivity index (χ2n) is 6.09. The number of nitrogens with one attached hydrogen (secondary N) is 2. The van der Waals surface area contributed by atoms with Gasteiger partial charge in [0.2, 0.25) is 5.91 Å². The third-order valence-electron chi connectivity index (χ3n) is 4.24. The van der Waals surface area contributed by atoms with Crippen molar-refractivity contribution in [2.45, 2.75) is 26.3 Å². The third-order valence-corrected chi connectivity index (χ3v) is 4.24. The molecule has 2 heterocycles. The number of hydrogen-bond donors (Lipinski definition) is 3. The van der Waals surface area contributed by atoms with E-state index in [0.717, 1.165) is 24.4 Å². The highest BCUT2D eigenvalue weighted by Gasteiger charge is 2.08. The largest absolute Gasteiger partial charge is 0.508 e. The topological polar surface area (TPSA) is 87.1 Å². The Labute approximate surface area is 145 Å². The highest BCUT2D eigenvalue weighted by atomic mass is 16.3. The number of para-hydroxylation sites is 1. The van der Waals surface area contributed by atoms with Crippen LogP contribution in [0.15, 0.2) is 47.4 Å². The average molecular weight is 339 g/mol. The molecule has 6 heteroatoms. The molecule has 3 N–H and O–H groups in total. The van der Waals surface area contributed by atoms with E-state index in [9.17, 15) is 14.7 Å². The molecule has 0 aliphatic heterocycles. The van der Waals surface area contributed by atoms with E-state index in [1.54, 1.807) is 6.92 Å². The Kier molecular flexibility index (Phi) is 4.88. The zero-order chi connectivity index (χ0) is 17.8. The number of carbonyl (C=O) groups excluding carboxylic acids is 1. The molecule has 0 spiro atoms. The molecule has 0 fully saturated rings. The van der Waals surface area contributed by atoms with Gasteiger partial charge in [0.1, 0.15) is 12.3 Å². The number of rotatable bonds is 6. The fraction of sp³-hybridized carbons (Fsp3) is 0.263. The molecule has 0 unspecified atom stereocenters. The number of pyridine rings is 1. The number of carbonyl (C=O) groups is 1. The molecule has 0 radical (unpaired) electrons. The Morgan fingerprint density at radius 2 is 2.08 bits per heavy atom. The fourth-order valence-electron chi connectivity index (χ4n) is 2.96. The molecular weight excluding hydrogens is 318 g/mol. The summed E-state index contributed by atoms with van der Waals surface area (Å²) >= 11 is 0. The number of fused-ring (bicyclic) bond motifs is 1. The van der Waals surface area contributed by atoms with Gasteiger partial charge in [0, 0.05) is 35.4 Å². The average Bonchev–Trinajstić information content (AvgIpc) is 2.98. The van der Waals surface area contributed by atoms with E-state index in [4.69, 9.17) is 0 Å². The molecule has 0 atom stereocenters. The highest BCUT2D eigenvalue weighted by molar-refractivity contribution is 5.83. The van der Waals surface area contributed by atoms with Crippen molar-refractivity contribution in [1.29, 1.82) is 0 Å². The maximum atomic E-state index is 12.0. The number of benzene rings is 1. The van der Waals surface area contributed by atoms with Crippen LogP contribution < -0.4 is 10.9 Å². The van der Waals surface area contributed by atoms with E-state index in [0.29, 0.717) is 12.2 Å². The summed E-state index contributed by atoms with van der Waals surface area (Å²) in [6, 6.07) is 10.7. The lowest BCUT2D eigenvalue weighted by molar-refractivity contribution is -0.121. The van der Waals surface area contributed by atoms with E-state index in [1.807, 2.05) is 24.4 Å². The van der Waals surface area contributed by atoms with Gasteiger partial charge in [-0.05, 0) is 37.5 Å². The summed E-state index contributed by atoms with van der Waals surface area (Å²) in [5.74, 6) is -0.298. The minimum absolute atomic E-state index is 0.0436. The van der Waals surface area contributed by atoms with Crippen molar-refractivity contribution < 1.29 is 9.90 Å². The number of aromatic nitrogens is 2. The Morgan fingerprint density at radius 1 is 1.28 bits per heavy atom. The van der Waals surface area contributed by atoms with Crippen molar-refractivity contribution in [1.82, 2.24) is 14.9 Å². The molecule has 2 aromatic heterocycles. The highest BCUT2D eigenvalue weighted by Crippen LogP contribution is 2.18. The molecule has 1 amide bonds. The number of H-pyrrole nitrogens is 1. The van der Waals surface area contributed by atoms with Crippen LogP contribution in [0, 0.1) is 6.92 Å². The second kappa shape index (κ2) is 7.25. The van der Waals surface area contributed by atoms with E-state index >= 15 is 0 Å². The molecule has 130 valence electrons. The van der Waals surface area contributed by atoms with Gasteiger partial charge in [-0.3, -0.25) is 9.59 Å². The summed E-state index contributed by atoms with van der Waals surface area (Å²) in [5.41, 5.74) is 2.52. The second-order valence-corrected chi connectivity index (χ2v) is 6.09. The monoisotopic (exact) mass is 339 g/mol. The molecule has 6 nitrogen and oxygen atoms in total. The summed E-state index contributed by atoms with van der Waals surface area (Å²) in [6.45, 7) is 2.19. The molecular formula is C19H21N3O3. The first-order valence-electron chi connectivity index (χ1n) is 8.27. The van der Waals surface area contributed by atoms with Crippen LogP contribution in [0.4, 0.5) is 0 Å². The van der Waals surface area contributed by atoms with Crippen molar-refractivity contribution in [3.63, 3.8) is 0 Å². The van der Waals surface area contributed by atoms with Crippen molar-refractivity contribution in [3.8, 4) is 5.75 Å². The van der Waals surface area contributed by atoms with Crippen LogP contribution in [0.5, 0.6) is 5.75 Å². The van der Waals surface area contributed by atoms with Gasteiger partial charge in [0.15, 0.2) is 0 Å². The first kappa shape index (κ1) is 16.8. The molecule has 0 bridgehead atoms. The fourth-order valence-corrected chi connectivity index (χ4v) is 2.96. The van der Waals surface area contributed by atoms with Crippen LogP contribution in [0.3, 0.4) is 0 Å². The van der Waals surface area contributed by atoms with Crippen LogP contribution >= 0.6 is 0 Å². The molecule has 1 aromatic carbocycles. The van der Waals surface area contributed by atoms with Gasteiger partial charge >= 0.3 is 0 Å². The summed E-state index contributed by atoms with van der Waals surface area (Å²) < 4.78 is 1.34. The number of aromatic hydroxyl groups is 1. The van der Waals surface area contributed by atoms with Crippen LogP contribution in [-0.2, 0) is 17.8 Å². The lowest BCUT2D eigenvalue weighted by Gasteiger charge is -2.10. The van der Waals surface area contributed by atoms with Gasteiger partial charge in [-0.1, -0.05) is 18.2 Å². The molecule has 0 aliphatic carbocycles. The van der Waals surface area contributed by atoms with E-state index in [1.165, 1.54) is 21.6 Å². The Hall–Kier alpha value is -3.02. The predicted molar refractivity (Wildman–Crippen MR) is 96.7 cm³/mol. The van der Waals surface area contributed by atoms with E-state index < -0.39 is 0 Å². The summed E-state index contributed by atoms with van der Waals surface area (Å²) in [5, 5.41) is 13.4. The van der Waals surface area contributed by atoms with Crippen molar-refractivity contribution in [2.24, 2.45) is 0 Å².